The van der Waals surface area contributed by atoms with Crippen molar-refractivity contribution in [1.82, 2.24) is 0 Å². The molecule has 0 saturated carbocycles. The zero-order valence-corrected chi connectivity index (χ0v) is 16.9. The maximum absolute atomic E-state index is 11.5. The van der Waals surface area contributed by atoms with E-state index in [0.29, 0.717) is 0 Å². The van der Waals surface area contributed by atoms with E-state index in [1.165, 1.54) is 6.08 Å². The lowest BCUT2D eigenvalue weighted by Crippen LogP contribution is -2.22. The van der Waals surface area contributed by atoms with Crippen LogP contribution in [0.5, 0.6) is 0 Å². The highest BCUT2D eigenvalue weighted by Gasteiger charge is 2.13. The summed E-state index contributed by atoms with van der Waals surface area (Å²) in [4.78, 5) is 11.5. The summed E-state index contributed by atoms with van der Waals surface area (Å²) in [5.41, 5.74) is 1.75. The largest absolute Gasteiger partial charge is 0.457 e. The summed E-state index contributed by atoms with van der Waals surface area (Å²) in [7, 11) is 0. The topological polar surface area (TPSA) is 38.3 Å². The average molecular weight is 445 g/mol. The molecule has 0 bridgehead atoms. The predicted octanol–water partition coefficient (Wildman–Crippen LogP) is 5.86. The molecule has 5 heteroatoms. The first-order valence-corrected chi connectivity index (χ1v) is 9.11. The van der Waals surface area contributed by atoms with Crippen LogP contribution in [0.1, 0.15) is 39.2 Å². The fourth-order valence-corrected chi connectivity index (χ4v) is 2.35. The van der Waals surface area contributed by atoms with Gasteiger partial charge in [0.05, 0.1) is 3.39 Å². The van der Waals surface area contributed by atoms with Crippen LogP contribution in [-0.4, -0.2) is 18.1 Å². The number of unbranched alkanes of at least 4 members (excludes halogenated alkanes) is 1. The van der Waals surface area contributed by atoms with Gasteiger partial charge in [0, 0.05) is 18.3 Å². The van der Waals surface area contributed by atoms with Gasteiger partial charge in [-0.2, -0.15) is 0 Å². The SMILES string of the molecule is CC(C)(C)OC(=O)C=CCCCNc1ccccc1C=C(Br)Br. The number of hydrogen-bond donors (Lipinski definition) is 1. The molecule has 0 fully saturated rings. The van der Waals surface area contributed by atoms with Crippen LogP contribution in [0, 0.1) is 0 Å². The van der Waals surface area contributed by atoms with Crippen LogP contribution in [0.15, 0.2) is 39.8 Å². The third-order valence-corrected chi connectivity index (χ3v) is 3.21. The number of benzene rings is 1. The van der Waals surface area contributed by atoms with Crippen LogP contribution in [0.3, 0.4) is 0 Å². The van der Waals surface area contributed by atoms with Gasteiger partial charge in [-0.05, 0) is 83.2 Å². The molecule has 0 aliphatic carbocycles. The van der Waals surface area contributed by atoms with Gasteiger partial charge < -0.3 is 10.1 Å². The highest BCUT2D eigenvalue weighted by Crippen LogP contribution is 2.23. The molecule has 1 aromatic rings. The lowest BCUT2D eigenvalue weighted by molar-refractivity contribution is -0.148. The summed E-state index contributed by atoms with van der Waals surface area (Å²) in [6.45, 7) is 6.42. The Kier molecular flexibility index (Phi) is 8.63. The number of carbonyl (C=O) groups excluding carboxylic acids is 1. The first-order chi connectivity index (χ1) is 10.8. The molecule has 0 radical (unpaired) electrons. The summed E-state index contributed by atoms with van der Waals surface area (Å²) in [6, 6.07) is 8.10. The normalized spacial score (nSPS) is 11.3. The summed E-state index contributed by atoms with van der Waals surface area (Å²) in [5.74, 6) is -0.289. The maximum atomic E-state index is 11.5. The second kappa shape index (κ2) is 9.93. The molecule has 0 unspecified atom stereocenters. The number of rotatable bonds is 7. The fourth-order valence-electron chi connectivity index (χ4n) is 1.86. The van der Waals surface area contributed by atoms with Gasteiger partial charge in [-0.3, -0.25) is 0 Å². The number of halogens is 2. The maximum Gasteiger partial charge on any atom is 0.330 e. The van der Waals surface area contributed by atoms with Crippen LogP contribution >= 0.6 is 31.9 Å². The van der Waals surface area contributed by atoms with Gasteiger partial charge in [-0.1, -0.05) is 24.3 Å². The van der Waals surface area contributed by atoms with Crippen molar-refractivity contribution in [3.63, 3.8) is 0 Å². The molecule has 0 saturated heterocycles. The smallest absolute Gasteiger partial charge is 0.330 e. The van der Waals surface area contributed by atoms with Crippen LogP contribution < -0.4 is 5.32 Å². The fraction of sp³-hybridized carbons (Fsp3) is 0.389. The minimum Gasteiger partial charge on any atom is -0.457 e. The monoisotopic (exact) mass is 443 g/mol. The Morgan fingerprint density at radius 1 is 1.26 bits per heavy atom. The Hall–Kier alpha value is -1.07. The van der Waals surface area contributed by atoms with Gasteiger partial charge in [-0.25, -0.2) is 4.79 Å². The molecule has 0 aliphatic rings. The van der Waals surface area contributed by atoms with Gasteiger partial charge >= 0.3 is 5.97 Å². The van der Waals surface area contributed by atoms with Gasteiger partial charge in [0.1, 0.15) is 5.60 Å². The number of anilines is 1. The first-order valence-electron chi connectivity index (χ1n) is 7.53. The Bertz CT molecular complexity index is 571. The van der Waals surface area contributed by atoms with Gasteiger partial charge in [0.2, 0.25) is 0 Å². The minimum absolute atomic E-state index is 0.289. The molecule has 0 spiro atoms. The summed E-state index contributed by atoms with van der Waals surface area (Å²) >= 11 is 6.76. The van der Waals surface area contributed by atoms with Crippen molar-refractivity contribution < 1.29 is 9.53 Å². The van der Waals surface area contributed by atoms with E-state index < -0.39 is 5.60 Å². The van der Waals surface area contributed by atoms with E-state index >= 15 is 0 Å². The molecule has 1 aromatic carbocycles. The molecular weight excluding hydrogens is 422 g/mol. The standard InChI is InChI=1S/C18H23Br2NO2/c1-18(2,3)23-17(22)11-5-4-8-12-21-15-10-7-6-9-14(15)13-16(19)20/h5-7,9-11,13,21H,4,8,12H2,1-3H3. The molecule has 0 atom stereocenters. The average Bonchev–Trinajstić information content (AvgIpc) is 2.41. The predicted molar refractivity (Wildman–Crippen MR) is 105 cm³/mol. The lowest BCUT2D eigenvalue weighted by Gasteiger charge is -2.17. The Morgan fingerprint density at radius 3 is 2.61 bits per heavy atom. The van der Waals surface area contributed by atoms with E-state index in [-0.39, 0.29) is 5.97 Å². The quantitative estimate of drug-likeness (QED) is 0.325. The molecule has 23 heavy (non-hydrogen) atoms. The van der Waals surface area contributed by atoms with Crippen LogP contribution in [0.2, 0.25) is 0 Å². The highest BCUT2D eigenvalue weighted by atomic mass is 79.9. The van der Waals surface area contributed by atoms with Gasteiger partial charge in [0.25, 0.3) is 0 Å². The Balaban J connectivity index is 2.36. The van der Waals surface area contributed by atoms with E-state index in [9.17, 15) is 4.79 Å². The lowest BCUT2D eigenvalue weighted by atomic mass is 10.1. The van der Waals surface area contributed by atoms with Crippen LogP contribution in [0.25, 0.3) is 6.08 Å². The first kappa shape index (κ1) is 20.0. The van der Waals surface area contributed by atoms with Crippen molar-refractivity contribution in [2.75, 3.05) is 11.9 Å². The Labute approximate surface area is 155 Å². The van der Waals surface area contributed by atoms with Crippen molar-refractivity contribution in [2.24, 2.45) is 0 Å². The second-order valence-corrected chi connectivity index (χ2v) is 8.80. The number of carbonyl (C=O) groups is 1. The van der Waals surface area contributed by atoms with Crippen molar-refractivity contribution in [1.29, 1.82) is 0 Å². The second-order valence-electron chi connectivity index (χ2n) is 6.03. The zero-order chi connectivity index (χ0) is 17.3. The number of allylic oxidation sites excluding steroid dienone is 1. The van der Waals surface area contributed by atoms with Crippen molar-refractivity contribution >= 4 is 49.6 Å². The third kappa shape index (κ3) is 9.61. The molecule has 3 nitrogen and oxygen atoms in total. The molecule has 126 valence electrons. The van der Waals surface area contributed by atoms with Gasteiger partial charge in [0.15, 0.2) is 0 Å². The molecule has 0 aromatic heterocycles. The van der Waals surface area contributed by atoms with E-state index in [2.05, 4.69) is 37.2 Å². The minimum atomic E-state index is -0.441. The van der Waals surface area contributed by atoms with E-state index in [1.807, 2.05) is 57.2 Å². The number of ether oxygens (including phenoxy) is 1. The summed E-state index contributed by atoms with van der Waals surface area (Å²) in [5, 5.41) is 3.41. The van der Waals surface area contributed by atoms with Crippen molar-refractivity contribution in [3.8, 4) is 0 Å². The van der Waals surface area contributed by atoms with Crippen molar-refractivity contribution in [3.05, 3.63) is 45.4 Å². The summed E-state index contributed by atoms with van der Waals surface area (Å²) in [6.07, 6.45) is 7.13. The summed E-state index contributed by atoms with van der Waals surface area (Å²) < 4.78 is 6.11. The van der Waals surface area contributed by atoms with E-state index in [1.54, 1.807) is 0 Å². The molecular formula is C18H23Br2NO2. The molecule has 0 amide bonds. The number of para-hydroxylation sites is 1. The van der Waals surface area contributed by atoms with Crippen molar-refractivity contribution in [2.45, 2.75) is 39.2 Å². The molecule has 1 rings (SSSR count). The molecule has 0 heterocycles. The van der Waals surface area contributed by atoms with E-state index in [4.69, 9.17) is 4.74 Å². The van der Waals surface area contributed by atoms with E-state index in [0.717, 1.165) is 34.0 Å². The van der Waals surface area contributed by atoms with Gasteiger partial charge in [-0.15, -0.1) is 0 Å². The van der Waals surface area contributed by atoms with Crippen LogP contribution in [0.4, 0.5) is 5.69 Å². The third-order valence-electron chi connectivity index (χ3n) is 2.75. The zero-order valence-electron chi connectivity index (χ0n) is 13.7. The molecule has 1 N–H and O–H groups in total. The number of hydrogen-bond acceptors (Lipinski definition) is 3. The Morgan fingerprint density at radius 2 is 1.96 bits per heavy atom. The highest BCUT2D eigenvalue weighted by molar-refractivity contribution is 9.28. The number of nitrogens with one attached hydrogen (secondary N) is 1. The number of esters is 1. The molecule has 0 aliphatic heterocycles. The van der Waals surface area contributed by atoms with Crippen LogP contribution in [-0.2, 0) is 9.53 Å².